The summed E-state index contributed by atoms with van der Waals surface area (Å²) in [6.07, 6.45) is 0. The summed E-state index contributed by atoms with van der Waals surface area (Å²) in [6, 6.07) is 1.25. The van der Waals surface area contributed by atoms with Gasteiger partial charge in [0.2, 0.25) is 5.82 Å². The molecule has 0 atom stereocenters. The predicted octanol–water partition coefficient (Wildman–Crippen LogP) is 2.66. The van der Waals surface area contributed by atoms with E-state index in [0.717, 1.165) is 0 Å². The van der Waals surface area contributed by atoms with E-state index in [9.17, 15) is 13.2 Å². The van der Waals surface area contributed by atoms with Gasteiger partial charge < -0.3 is 4.74 Å². The fourth-order valence-electron chi connectivity index (χ4n) is 1.27. The topological polar surface area (TPSA) is 9.23 Å². The average molecular weight is 234 g/mol. The fourth-order valence-corrected chi connectivity index (χ4v) is 2.61. The molecule has 0 fully saturated rings. The zero-order valence-corrected chi connectivity index (χ0v) is 10.1. The van der Waals surface area contributed by atoms with Crippen molar-refractivity contribution in [2.45, 2.75) is 19.6 Å². The molecule has 1 aromatic carbocycles. The minimum absolute atomic E-state index is 0.234. The maximum atomic E-state index is 13.4. The minimum Gasteiger partial charge on any atom is -0.494 e. The highest BCUT2D eigenvalue weighted by molar-refractivity contribution is 6.88. The lowest BCUT2D eigenvalue weighted by atomic mass is 10.3. The van der Waals surface area contributed by atoms with Crippen LogP contribution in [0.15, 0.2) is 6.07 Å². The van der Waals surface area contributed by atoms with Gasteiger partial charge in [-0.15, -0.1) is 0 Å². The van der Waals surface area contributed by atoms with Crippen molar-refractivity contribution in [2.75, 3.05) is 7.11 Å². The van der Waals surface area contributed by atoms with Crippen molar-refractivity contribution >= 4 is 13.3 Å². The van der Waals surface area contributed by atoms with Gasteiger partial charge in [-0.3, -0.25) is 0 Å². The summed E-state index contributed by atoms with van der Waals surface area (Å²) in [5, 5.41) is 0.234. The van der Waals surface area contributed by atoms with Gasteiger partial charge >= 0.3 is 0 Å². The third-order valence-electron chi connectivity index (χ3n) is 2.14. The van der Waals surface area contributed by atoms with Gasteiger partial charge in [0.15, 0.2) is 17.4 Å². The first-order chi connectivity index (χ1) is 6.79. The standard InChI is InChI=1S/C10H13F3OSi/c1-14-6-5-7(15(2,3)4)9(12)10(13)8(6)11/h5H,1-4H3. The van der Waals surface area contributed by atoms with Gasteiger partial charge in [0.25, 0.3) is 0 Å². The molecule has 0 aromatic heterocycles. The Morgan fingerprint density at radius 2 is 1.53 bits per heavy atom. The summed E-state index contributed by atoms with van der Waals surface area (Å²) in [7, 11) is -0.816. The van der Waals surface area contributed by atoms with Crippen LogP contribution in [0.25, 0.3) is 0 Å². The quantitative estimate of drug-likeness (QED) is 0.564. The maximum Gasteiger partial charge on any atom is 0.203 e. The number of halogens is 3. The van der Waals surface area contributed by atoms with Crippen molar-refractivity contribution in [1.82, 2.24) is 0 Å². The van der Waals surface area contributed by atoms with E-state index in [2.05, 4.69) is 4.74 Å². The number of ether oxygens (including phenoxy) is 1. The normalized spacial score (nSPS) is 11.7. The van der Waals surface area contributed by atoms with E-state index in [1.165, 1.54) is 13.2 Å². The molecule has 0 aliphatic heterocycles. The van der Waals surface area contributed by atoms with Gasteiger partial charge in [0, 0.05) is 0 Å². The molecule has 0 radical (unpaired) electrons. The van der Waals surface area contributed by atoms with E-state index in [4.69, 9.17) is 0 Å². The molecule has 0 spiro atoms. The van der Waals surface area contributed by atoms with Crippen LogP contribution in [-0.2, 0) is 0 Å². The summed E-state index contributed by atoms with van der Waals surface area (Å²) in [5.41, 5.74) is 0. The zero-order valence-electron chi connectivity index (χ0n) is 9.12. The lowest BCUT2D eigenvalue weighted by molar-refractivity contribution is 0.362. The molecular weight excluding hydrogens is 221 g/mol. The summed E-state index contributed by atoms with van der Waals surface area (Å²) in [4.78, 5) is 0. The number of rotatable bonds is 2. The lowest BCUT2D eigenvalue weighted by Gasteiger charge is -2.19. The molecule has 0 amide bonds. The minimum atomic E-state index is -2.04. The van der Waals surface area contributed by atoms with Gasteiger partial charge in [0.1, 0.15) is 0 Å². The molecule has 0 bridgehead atoms. The smallest absolute Gasteiger partial charge is 0.203 e. The summed E-state index contributed by atoms with van der Waals surface area (Å²) in [6.45, 7) is 5.55. The number of methoxy groups -OCH3 is 1. The Balaban J connectivity index is 3.49. The molecule has 0 heterocycles. The second-order valence-electron chi connectivity index (χ2n) is 4.32. The van der Waals surface area contributed by atoms with Gasteiger partial charge in [0.05, 0.1) is 15.2 Å². The van der Waals surface area contributed by atoms with E-state index >= 15 is 0 Å². The summed E-state index contributed by atoms with van der Waals surface area (Å²) in [5.74, 6) is -4.05. The van der Waals surface area contributed by atoms with E-state index in [-0.39, 0.29) is 10.9 Å². The van der Waals surface area contributed by atoms with Crippen molar-refractivity contribution in [1.29, 1.82) is 0 Å². The predicted molar refractivity (Wildman–Crippen MR) is 55.8 cm³/mol. The maximum absolute atomic E-state index is 13.4. The molecule has 1 aromatic rings. The van der Waals surface area contributed by atoms with Crippen molar-refractivity contribution in [2.24, 2.45) is 0 Å². The highest BCUT2D eigenvalue weighted by atomic mass is 28.3. The Bertz CT molecular complexity index is 385. The first-order valence-electron chi connectivity index (χ1n) is 4.51. The fraction of sp³-hybridized carbons (Fsp3) is 0.400. The van der Waals surface area contributed by atoms with Gasteiger partial charge in [-0.2, -0.15) is 4.39 Å². The van der Waals surface area contributed by atoms with Gasteiger partial charge in [-0.05, 0) is 11.3 Å². The SMILES string of the molecule is COc1cc([Si](C)(C)C)c(F)c(F)c1F. The molecule has 84 valence electrons. The van der Waals surface area contributed by atoms with Crippen LogP contribution in [-0.4, -0.2) is 15.2 Å². The third-order valence-corrected chi connectivity index (χ3v) is 4.12. The third kappa shape index (κ3) is 2.17. The summed E-state index contributed by atoms with van der Waals surface area (Å²) < 4.78 is 44.4. The van der Waals surface area contributed by atoms with Crippen LogP contribution in [0, 0.1) is 17.5 Å². The summed E-state index contributed by atoms with van der Waals surface area (Å²) >= 11 is 0. The van der Waals surface area contributed by atoms with Crippen molar-refractivity contribution in [3.63, 3.8) is 0 Å². The van der Waals surface area contributed by atoms with E-state index < -0.39 is 25.5 Å². The largest absolute Gasteiger partial charge is 0.494 e. The van der Waals surface area contributed by atoms with Crippen LogP contribution in [0.4, 0.5) is 13.2 Å². The van der Waals surface area contributed by atoms with Crippen molar-refractivity contribution in [3.8, 4) is 5.75 Å². The monoisotopic (exact) mass is 234 g/mol. The molecule has 5 heteroatoms. The molecule has 0 N–H and O–H groups in total. The van der Waals surface area contributed by atoms with Crippen LogP contribution in [0.5, 0.6) is 5.75 Å². The van der Waals surface area contributed by atoms with Gasteiger partial charge in [-0.25, -0.2) is 8.78 Å². The molecule has 0 saturated heterocycles. The first kappa shape index (κ1) is 12.1. The Morgan fingerprint density at radius 3 is 1.93 bits per heavy atom. The van der Waals surface area contributed by atoms with Crippen molar-refractivity contribution in [3.05, 3.63) is 23.5 Å². The number of hydrogen-bond acceptors (Lipinski definition) is 1. The molecule has 1 rings (SSSR count). The molecule has 1 nitrogen and oxygen atoms in total. The Labute approximate surface area is 87.9 Å². The number of benzene rings is 1. The Kier molecular flexibility index (Phi) is 3.13. The Hall–Kier alpha value is -0.973. The van der Waals surface area contributed by atoms with Crippen LogP contribution >= 0.6 is 0 Å². The first-order valence-corrected chi connectivity index (χ1v) is 8.01. The van der Waals surface area contributed by atoms with Gasteiger partial charge in [-0.1, -0.05) is 19.6 Å². The van der Waals surface area contributed by atoms with E-state index in [1.807, 2.05) is 19.6 Å². The van der Waals surface area contributed by atoms with Crippen molar-refractivity contribution < 1.29 is 17.9 Å². The highest BCUT2D eigenvalue weighted by Gasteiger charge is 2.27. The molecule has 0 unspecified atom stereocenters. The number of hydrogen-bond donors (Lipinski definition) is 0. The Morgan fingerprint density at radius 1 is 1.00 bits per heavy atom. The molecule has 15 heavy (non-hydrogen) atoms. The molecule has 0 saturated carbocycles. The van der Waals surface area contributed by atoms with E-state index in [1.54, 1.807) is 0 Å². The van der Waals surface area contributed by atoms with E-state index in [0.29, 0.717) is 0 Å². The second kappa shape index (κ2) is 3.88. The van der Waals surface area contributed by atoms with Crippen LogP contribution < -0.4 is 9.92 Å². The second-order valence-corrected chi connectivity index (χ2v) is 9.36. The highest BCUT2D eigenvalue weighted by Crippen LogP contribution is 2.22. The zero-order chi connectivity index (χ0) is 11.8. The average Bonchev–Trinajstić information content (AvgIpc) is 2.13. The van der Waals surface area contributed by atoms with Crippen LogP contribution in [0.1, 0.15) is 0 Å². The molecule has 0 aliphatic rings. The van der Waals surface area contributed by atoms with Crippen LogP contribution in [0.3, 0.4) is 0 Å². The molecular formula is C10H13F3OSi. The van der Waals surface area contributed by atoms with Crippen LogP contribution in [0.2, 0.25) is 19.6 Å². The molecule has 0 aliphatic carbocycles. The lowest BCUT2D eigenvalue weighted by Crippen LogP contribution is -2.41.